The van der Waals surface area contributed by atoms with Crippen LogP contribution < -0.4 is 10.1 Å². The maximum atomic E-state index is 12.2. The zero-order chi connectivity index (χ0) is 15.9. The summed E-state index contributed by atoms with van der Waals surface area (Å²) in [5.41, 5.74) is 2.80. The number of nitrogens with one attached hydrogen (secondary N) is 1. The van der Waals surface area contributed by atoms with Crippen LogP contribution >= 0.6 is 0 Å². The summed E-state index contributed by atoms with van der Waals surface area (Å²) >= 11 is 0. The lowest BCUT2D eigenvalue weighted by Gasteiger charge is -2.17. The first-order chi connectivity index (χ1) is 10.6. The molecule has 0 aromatic heterocycles. The van der Waals surface area contributed by atoms with Crippen molar-refractivity contribution < 1.29 is 14.6 Å². The van der Waals surface area contributed by atoms with Gasteiger partial charge in [-0.3, -0.25) is 4.79 Å². The Morgan fingerprint density at radius 2 is 1.95 bits per heavy atom. The van der Waals surface area contributed by atoms with Crippen molar-refractivity contribution in [1.29, 1.82) is 0 Å². The molecule has 0 spiro atoms. The minimum atomic E-state index is -0.388. The first kappa shape index (κ1) is 16.0. The number of hydrogen-bond donors (Lipinski definition) is 2. The van der Waals surface area contributed by atoms with E-state index in [0.717, 1.165) is 22.4 Å². The molecule has 2 aromatic carbocycles. The molecule has 4 heteroatoms. The van der Waals surface area contributed by atoms with E-state index < -0.39 is 0 Å². The molecule has 1 atom stereocenters. The number of aliphatic hydroxyl groups is 1. The van der Waals surface area contributed by atoms with Crippen LogP contribution in [0.5, 0.6) is 5.75 Å². The molecule has 0 radical (unpaired) electrons. The average molecular weight is 299 g/mol. The first-order valence-electron chi connectivity index (χ1n) is 7.22. The lowest BCUT2D eigenvalue weighted by Crippen LogP contribution is -2.31. The number of amides is 1. The second kappa shape index (κ2) is 7.61. The summed E-state index contributed by atoms with van der Waals surface area (Å²) in [5.74, 6) is 0.640. The standard InChI is InChI=1S/C18H21NO3/c1-13-8-9-14(10-17(13)22-2)11-18(21)19-16(12-20)15-6-4-3-5-7-15/h3-10,16,20H,11-12H2,1-2H3,(H,19,21). The Hall–Kier alpha value is -2.33. The number of benzene rings is 2. The number of rotatable bonds is 6. The number of ether oxygens (including phenoxy) is 1. The third-order valence-corrected chi connectivity index (χ3v) is 3.56. The highest BCUT2D eigenvalue weighted by Crippen LogP contribution is 2.19. The molecular weight excluding hydrogens is 278 g/mol. The van der Waals surface area contributed by atoms with Gasteiger partial charge >= 0.3 is 0 Å². The van der Waals surface area contributed by atoms with Gasteiger partial charge in [0.05, 0.1) is 26.2 Å². The molecule has 1 unspecified atom stereocenters. The zero-order valence-electron chi connectivity index (χ0n) is 12.9. The third-order valence-electron chi connectivity index (χ3n) is 3.56. The molecule has 0 bridgehead atoms. The lowest BCUT2D eigenvalue weighted by atomic mass is 10.1. The molecule has 0 heterocycles. The van der Waals surface area contributed by atoms with Crippen molar-refractivity contribution >= 4 is 5.91 Å². The molecule has 4 nitrogen and oxygen atoms in total. The van der Waals surface area contributed by atoms with Crippen molar-refractivity contribution in [3.05, 3.63) is 65.2 Å². The molecule has 116 valence electrons. The van der Waals surface area contributed by atoms with Gasteiger partial charge < -0.3 is 15.2 Å². The molecule has 0 aliphatic heterocycles. The van der Waals surface area contributed by atoms with Gasteiger partial charge in [-0.25, -0.2) is 0 Å². The molecule has 2 rings (SSSR count). The predicted molar refractivity (Wildman–Crippen MR) is 85.8 cm³/mol. The molecule has 1 amide bonds. The van der Waals surface area contributed by atoms with E-state index in [-0.39, 0.29) is 25.0 Å². The molecule has 0 aliphatic rings. The summed E-state index contributed by atoms with van der Waals surface area (Å²) in [5, 5.41) is 12.3. The summed E-state index contributed by atoms with van der Waals surface area (Å²) in [6, 6.07) is 14.8. The van der Waals surface area contributed by atoms with E-state index in [2.05, 4.69) is 5.32 Å². The van der Waals surface area contributed by atoms with E-state index >= 15 is 0 Å². The molecule has 0 fully saturated rings. The van der Waals surface area contributed by atoms with E-state index in [0.29, 0.717) is 0 Å². The first-order valence-corrected chi connectivity index (χ1v) is 7.22. The van der Waals surface area contributed by atoms with Crippen molar-refractivity contribution in [2.45, 2.75) is 19.4 Å². The van der Waals surface area contributed by atoms with Crippen molar-refractivity contribution in [2.75, 3.05) is 13.7 Å². The Kier molecular flexibility index (Phi) is 5.55. The minimum Gasteiger partial charge on any atom is -0.496 e. The Bertz CT molecular complexity index is 625. The Morgan fingerprint density at radius 3 is 2.59 bits per heavy atom. The fourth-order valence-corrected chi connectivity index (χ4v) is 2.32. The van der Waals surface area contributed by atoms with E-state index in [1.807, 2.05) is 55.5 Å². The number of methoxy groups -OCH3 is 1. The molecule has 2 aromatic rings. The van der Waals surface area contributed by atoms with E-state index in [4.69, 9.17) is 4.74 Å². The van der Waals surface area contributed by atoms with Crippen LogP contribution in [0.4, 0.5) is 0 Å². The summed E-state index contributed by atoms with van der Waals surface area (Å²) in [4.78, 5) is 12.2. The summed E-state index contributed by atoms with van der Waals surface area (Å²) < 4.78 is 5.27. The van der Waals surface area contributed by atoms with Gasteiger partial charge in [0.15, 0.2) is 0 Å². The summed E-state index contributed by atoms with van der Waals surface area (Å²) in [6.45, 7) is 1.83. The van der Waals surface area contributed by atoms with Crippen LogP contribution in [0.2, 0.25) is 0 Å². The number of hydrogen-bond acceptors (Lipinski definition) is 3. The van der Waals surface area contributed by atoms with Gasteiger partial charge in [-0.2, -0.15) is 0 Å². The van der Waals surface area contributed by atoms with Crippen LogP contribution in [0, 0.1) is 6.92 Å². The van der Waals surface area contributed by atoms with E-state index in [1.165, 1.54) is 0 Å². The molecule has 2 N–H and O–H groups in total. The van der Waals surface area contributed by atoms with Crippen molar-refractivity contribution in [3.63, 3.8) is 0 Å². The second-order valence-corrected chi connectivity index (χ2v) is 5.19. The molecule has 22 heavy (non-hydrogen) atoms. The largest absolute Gasteiger partial charge is 0.496 e. The molecule has 0 saturated heterocycles. The quantitative estimate of drug-likeness (QED) is 0.861. The fraction of sp³-hybridized carbons (Fsp3) is 0.278. The molecule has 0 aliphatic carbocycles. The average Bonchev–Trinajstić information content (AvgIpc) is 2.55. The third kappa shape index (κ3) is 4.09. The lowest BCUT2D eigenvalue weighted by molar-refractivity contribution is -0.121. The van der Waals surface area contributed by atoms with Crippen LogP contribution in [0.3, 0.4) is 0 Å². The highest BCUT2D eigenvalue weighted by Gasteiger charge is 2.14. The smallest absolute Gasteiger partial charge is 0.224 e. The van der Waals surface area contributed by atoms with Gasteiger partial charge in [0.1, 0.15) is 5.75 Å². The van der Waals surface area contributed by atoms with Crippen LogP contribution in [0.1, 0.15) is 22.7 Å². The summed E-state index contributed by atoms with van der Waals surface area (Å²) in [6.07, 6.45) is 0.250. The van der Waals surface area contributed by atoms with Crippen LogP contribution in [-0.2, 0) is 11.2 Å². The van der Waals surface area contributed by atoms with Crippen LogP contribution in [-0.4, -0.2) is 24.7 Å². The maximum absolute atomic E-state index is 12.2. The zero-order valence-corrected chi connectivity index (χ0v) is 12.9. The van der Waals surface area contributed by atoms with Gasteiger partial charge in [0.2, 0.25) is 5.91 Å². The highest BCUT2D eigenvalue weighted by molar-refractivity contribution is 5.79. The van der Waals surface area contributed by atoms with Gasteiger partial charge in [0.25, 0.3) is 0 Å². The Morgan fingerprint density at radius 1 is 1.23 bits per heavy atom. The highest BCUT2D eigenvalue weighted by atomic mass is 16.5. The summed E-state index contributed by atoms with van der Waals surface area (Å²) in [7, 11) is 1.61. The fourth-order valence-electron chi connectivity index (χ4n) is 2.32. The van der Waals surface area contributed by atoms with Gasteiger partial charge in [-0.05, 0) is 29.7 Å². The van der Waals surface area contributed by atoms with Gasteiger partial charge in [0, 0.05) is 0 Å². The van der Waals surface area contributed by atoms with Gasteiger partial charge in [-0.1, -0.05) is 42.5 Å². The van der Waals surface area contributed by atoms with Crippen LogP contribution in [0.25, 0.3) is 0 Å². The van der Waals surface area contributed by atoms with E-state index in [1.54, 1.807) is 7.11 Å². The van der Waals surface area contributed by atoms with E-state index in [9.17, 15) is 9.90 Å². The molecular formula is C18H21NO3. The van der Waals surface area contributed by atoms with Crippen molar-refractivity contribution in [2.24, 2.45) is 0 Å². The Balaban J connectivity index is 2.03. The maximum Gasteiger partial charge on any atom is 0.224 e. The Labute approximate surface area is 130 Å². The normalized spacial score (nSPS) is 11.8. The SMILES string of the molecule is COc1cc(CC(=O)NC(CO)c2ccccc2)ccc1C. The topological polar surface area (TPSA) is 58.6 Å². The molecule has 0 saturated carbocycles. The number of carbonyl (C=O) groups is 1. The van der Waals surface area contributed by atoms with Crippen molar-refractivity contribution in [1.82, 2.24) is 5.32 Å². The van der Waals surface area contributed by atoms with Crippen molar-refractivity contribution in [3.8, 4) is 5.75 Å². The number of aliphatic hydroxyl groups excluding tert-OH is 1. The monoisotopic (exact) mass is 299 g/mol. The predicted octanol–water partition coefficient (Wildman–Crippen LogP) is 2.40. The minimum absolute atomic E-state index is 0.131. The van der Waals surface area contributed by atoms with Gasteiger partial charge in [-0.15, -0.1) is 0 Å². The van der Waals surface area contributed by atoms with Crippen LogP contribution in [0.15, 0.2) is 48.5 Å². The number of aryl methyl sites for hydroxylation is 1. The second-order valence-electron chi connectivity index (χ2n) is 5.19. The number of carbonyl (C=O) groups excluding carboxylic acids is 1.